The Balaban J connectivity index is 1.98. The number of nitrogens with zero attached hydrogens (tertiary/aromatic N) is 2. The molecule has 0 unspecified atom stereocenters. The number of hydrogen-bond donors (Lipinski definition) is 1. The molecule has 0 aliphatic carbocycles. The van der Waals surface area contributed by atoms with E-state index in [0.29, 0.717) is 28.4 Å². The molecular formula is C16H14ClN3O. The summed E-state index contributed by atoms with van der Waals surface area (Å²) < 4.78 is 0. The summed E-state index contributed by atoms with van der Waals surface area (Å²) in [5, 5.41) is 1.11. The summed E-state index contributed by atoms with van der Waals surface area (Å²) in [6.07, 6.45) is 0. The number of aromatic amines is 1. The molecule has 0 amide bonds. The largest absolute Gasteiger partial charge is 0.341 e. The summed E-state index contributed by atoms with van der Waals surface area (Å²) in [5.41, 5.74) is 1.58. The predicted octanol–water partition coefficient (Wildman–Crippen LogP) is 3.21. The monoisotopic (exact) mass is 299 g/mol. The highest BCUT2D eigenvalue weighted by Gasteiger charge is 2.08. The molecule has 0 saturated carbocycles. The molecule has 3 aromatic rings. The molecule has 1 heterocycles. The van der Waals surface area contributed by atoms with Gasteiger partial charge in [-0.25, -0.2) is 4.98 Å². The third kappa shape index (κ3) is 2.90. The first-order chi connectivity index (χ1) is 10.1. The van der Waals surface area contributed by atoms with Crippen molar-refractivity contribution in [2.45, 2.75) is 6.54 Å². The fraction of sp³-hybridized carbons (Fsp3) is 0.125. The van der Waals surface area contributed by atoms with E-state index in [2.05, 4.69) is 9.97 Å². The van der Waals surface area contributed by atoms with Crippen LogP contribution in [0.1, 0.15) is 5.56 Å². The zero-order chi connectivity index (χ0) is 14.8. The Morgan fingerprint density at radius 3 is 2.71 bits per heavy atom. The minimum Gasteiger partial charge on any atom is -0.341 e. The van der Waals surface area contributed by atoms with Crippen LogP contribution in [0, 0.1) is 0 Å². The van der Waals surface area contributed by atoms with Gasteiger partial charge in [-0.3, -0.25) is 9.78 Å². The zero-order valence-corrected chi connectivity index (χ0v) is 12.3. The van der Waals surface area contributed by atoms with Gasteiger partial charge >= 0.3 is 0 Å². The van der Waals surface area contributed by atoms with Gasteiger partial charge in [-0.1, -0.05) is 41.9 Å². The van der Waals surface area contributed by atoms with Crippen LogP contribution < -0.4 is 10.5 Å². The van der Waals surface area contributed by atoms with Crippen LogP contribution in [0.15, 0.2) is 53.3 Å². The van der Waals surface area contributed by atoms with Gasteiger partial charge in [-0.2, -0.15) is 0 Å². The van der Waals surface area contributed by atoms with Crippen molar-refractivity contribution in [2.75, 3.05) is 11.9 Å². The van der Waals surface area contributed by atoms with E-state index in [9.17, 15) is 4.79 Å². The van der Waals surface area contributed by atoms with Gasteiger partial charge in [0.05, 0.1) is 10.9 Å². The minimum atomic E-state index is -0.161. The summed E-state index contributed by atoms with van der Waals surface area (Å²) in [6.45, 7) is 0.663. The highest BCUT2D eigenvalue weighted by Crippen LogP contribution is 2.17. The lowest BCUT2D eigenvalue weighted by Crippen LogP contribution is -2.22. The Hall–Kier alpha value is -2.33. The van der Waals surface area contributed by atoms with Crippen LogP contribution >= 0.6 is 11.6 Å². The van der Waals surface area contributed by atoms with E-state index in [-0.39, 0.29) is 5.56 Å². The topological polar surface area (TPSA) is 49.0 Å². The Labute approximate surface area is 127 Å². The van der Waals surface area contributed by atoms with Gasteiger partial charge < -0.3 is 4.90 Å². The molecule has 0 aliphatic rings. The van der Waals surface area contributed by atoms with Gasteiger partial charge in [-0.05, 0) is 23.8 Å². The number of benzene rings is 2. The van der Waals surface area contributed by atoms with Gasteiger partial charge in [0.1, 0.15) is 0 Å². The normalized spacial score (nSPS) is 10.8. The zero-order valence-electron chi connectivity index (χ0n) is 11.5. The first kappa shape index (κ1) is 13.6. The lowest BCUT2D eigenvalue weighted by molar-refractivity contribution is 0.868. The van der Waals surface area contributed by atoms with Gasteiger partial charge in [0.2, 0.25) is 5.95 Å². The average Bonchev–Trinajstić information content (AvgIpc) is 2.47. The van der Waals surface area contributed by atoms with E-state index in [1.807, 2.05) is 42.3 Å². The fourth-order valence-electron chi connectivity index (χ4n) is 2.21. The predicted molar refractivity (Wildman–Crippen MR) is 85.9 cm³/mol. The number of anilines is 1. The Morgan fingerprint density at radius 1 is 1.19 bits per heavy atom. The second-order valence-electron chi connectivity index (χ2n) is 4.89. The quantitative estimate of drug-likeness (QED) is 0.808. The molecule has 106 valence electrons. The number of nitrogens with one attached hydrogen (secondary N) is 1. The van der Waals surface area contributed by atoms with Crippen molar-refractivity contribution in [2.24, 2.45) is 0 Å². The lowest BCUT2D eigenvalue weighted by Gasteiger charge is -2.18. The van der Waals surface area contributed by atoms with Crippen molar-refractivity contribution in [3.05, 3.63) is 69.5 Å². The van der Waals surface area contributed by atoms with Crippen molar-refractivity contribution in [3.63, 3.8) is 0 Å². The summed E-state index contributed by atoms with van der Waals surface area (Å²) in [6, 6.07) is 15.1. The standard InChI is InChI=1S/C16H14ClN3O/c1-20(10-11-5-3-2-4-6-11)16-18-14-9-12(17)7-8-13(14)15(21)19-16/h2-9H,10H2,1H3,(H,18,19,21). The van der Waals surface area contributed by atoms with Crippen LogP contribution in [0.2, 0.25) is 5.02 Å². The molecule has 0 bridgehead atoms. The van der Waals surface area contributed by atoms with Crippen molar-refractivity contribution < 1.29 is 0 Å². The molecule has 0 saturated heterocycles. The minimum absolute atomic E-state index is 0.161. The van der Waals surface area contributed by atoms with Crippen LogP contribution in [0.25, 0.3) is 10.9 Å². The van der Waals surface area contributed by atoms with Crippen LogP contribution in [0.5, 0.6) is 0 Å². The average molecular weight is 300 g/mol. The summed E-state index contributed by atoms with van der Waals surface area (Å²) in [7, 11) is 1.89. The summed E-state index contributed by atoms with van der Waals surface area (Å²) >= 11 is 5.97. The number of fused-ring (bicyclic) bond motifs is 1. The lowest BCUT2D eigenvalue weighted by atomic mass is 10.2. The van der Waals surface area contributed by atoms with Crippen molar-refractivity contribution in [1.82, 2.24) is 9.97 Å². The number of H-pyrrole nitrogens is 1. The van der Waals surface area contributed by atoms with Crippen LogP contribution in [0.3, 0.4) is 0 Å². The molecule has 2 aromatic carbocycles. The molecule has 1 N–H and O–H groups in total. The van der Waals surface area contributed by atoms with Crippen LogP contribution in [0.4, 0.5) is 5.95 Å². The smallest absolute Gasteiger partial charge is 0.260 e. The molecule has 4 nitrogen and oxygen atoms in total. The Bertz CT molecular complexity index is 830. The number of halogens is 1. The molecule has 0 spiro atoms. The molecular weight excluding hydrogens is 286 g/mol. The summed E-state index contributed by atoms with van der Waals surface area (Å²) in [5.74, 6) is 0.526. The first-order valence-corrected chi connectivity index (χ1v) is 6.96. The maximum atomic E-state index is 12.1. The van der Waals surface area contributed by atoms with E-state index in [1.165, 1.54) is 0 Å². The Morgan fingerprint density at radius 2 is 1.95 bits per heavy atom. The highest BCUT2D eigenvalue weighted by atomic mass is 35.5. The van der Waals surface area contributed by atoms with E-state index in [1.54, 1.807) is 18.2 Å². The molecule has 0 aliphatic heterocycles. The van der Waals surface area contributed by atoms with Crippen LogP contribution in [-0.2, 0) is 6.54 Å². The van der Waals surface area contributed by atoms with Crippen molar-refractivity contribution in [1.29, 1.82) is 0 Å². The van der Waals surface area contributed by atoms with E-state index in [4.69, 9.17) is 11.6 Å². The van der Waals surface area contributed by atoms with E-state index >= 15 is 0 Å². The third-order valence-corrected chi connectivity index (χ3v) is 3.52. The summed E-state index contributed by atoms with van der Waals surface area (Å²) in [4.78, 5) is 21.3. The number of rotatable bonds is 3. The van der Waals surface area contributed by atoms with E-state index < -0.39 is 0 Å². The fourth-order valence-corrected chi connectivity index (χ4v) is 2.38. The SMILES string of the molecule is CN(Cc1ccccc1)c1nc2cc(Cl)ccc2c(=O)[nH]1. The maximum Gasteiger partial charge on any atom is 0.260 e. The third-order valence-electron chi connectivity index (χ3n) is 3.28. The second kappa shape index (κ2) is 5.58. The van der Waals surface area contributed by atoms with Gasteiger partial charge in [0.15, 0.2) is 0 Å². The molecule has 0 atom stereocenters. The number of hydrogen-bond acceptors (Lipinski definition) is 3. The second-order valence-corrected chi connectivity index (χ2v) is 5.33. The van der Waals surface area contributed by atoms with Crippen molar-refractivity contribution in [3.8, 4) is 0 Å². The maximum absolute atomic E-state index is 12.1. The van der Waals surface area contributed by atoms with Crippen LogP contribution in [-0.4, -0.2) is 17.0 Å². The molecule has 3 rings (SSSR count). The first-order valence-electron chi connectivity index (χ1n) is 6.58. The van der Waals surface area contributed by atoms with Crippen molar-refractivity contribution >= 4 is 28.5 Å². The van der Waals surface area contributed by atoms with Gasteiger partial charge in [-0.15, -0.1) is 0 Å². The molecule has 21 heavy (non-hydrogen) atoms. The molecule has 5 heteroatoms. The molecule has 1 aromatic heterocycles. The molecule has 0 fully saturated rings. The molecule has 0 radical (unpaired) electrons. The Kier molecular flexibility index (Phi) is 3.62. The number of aromatic nitrogens is 2. The van der Waals surface area contributed by atoms with Gasteiger partial charge in [0.25, 0.3) is 5.56 Å². The van der Waals surface area contributed by atoms with E-state index in [0.717, 1.165) is 5.56 Å². The van der Waals surface area contributed by atoms with Gasteiger partial charge in [0, 0.05) is 18.6 Å². The highest BCUT2D eigenvalue weighted by molar-refractivity contribution is 6.31.